The lowest BCUT2D eigenvalue weighted by Gasteiger charge is -2.15. The van der Waals surface area contributed by atoms with Gasteiger partial charge < -0.3 is 0 Å². The van der Waals surface area contributed by atoms with Crippen LogP contribution in [0, 0.1) is 0 Å². The highest BCUT2D eigenvalue weighted by Gasteiger charge is 2.12. The van der Waals surface area contributed by atoms with Crippen LogP contribution in [-0.4, -0.2) is 13.0 Å². The van der Waals surface area contributed by atoms with Gasteiger partial charge in [-0.25, -0.2) is 0 Å². The monoisotopic (exact) mass is 438 g/mol. The van der Waals surface area contributed by atoms with E-state index in [1.807, 2.05) is 12.1 Å². The second-order valence-electron chi connectivity index (χ2n) is 8.89. The van der Waals surface area contributed by atoms with E-state index in [-0.39, 0.29) is 4.90 Å². The Morgan fingerprint density at radius 2 is 1.07 bits per heavy atom. The molecule has 0 saturated carbocycles. The third-order valence-electron chi connectivity index (χ3n) is 6.30. The fraction of sp³-hybridized carbons (Fsp3) is 0.769. The Balaban J connectivity index is 2.01. The first kappa shape index (κ1) is 27.2. The molecule has 1 unspecified atom stereocenters. The van der Waals surface area contributed by atoms with Gasteiger partial charge in [-0.3, -0.25) is 4.55 Å². The average Bonchev–Trinajstić information content (AvgIpc) is 2.73. The minimum absolute atomic E-state index is 0.0203. The highest BCUT2D eigenvalue weighted by molar-refractivity contribution is 7.85. The average molecular weight is 439 g/mol. The Morgan fingerprint density at radius 3 is 1.43 bits per heavy atom. The smallest absolute Gasteiger partial charge is 0.282 e. The Hall–Kier alpha value is -0.870. The summed E-state index contributed by atoms with van der Waals surface area (Å²) in [4.78, 5) is -0.0203. The molecule has 0 aliphatic carbocycles. The van der Waals surface area contributed by atoms with E-state index in [0.29, 0.717) is 5.92 Å². The van der Waals surface area contributed by atoms with Crippen LogP contribution in [0.15, 0.2) is 29.2 Å². The van der Waals surface area contributed by atoms with Gasteiger partial charge in [-0.05, 0) is 36.5 Å². The molecule has 0 aliphatic rings. The molecule has 0 radical (unpaired) electrons. The Kier molecular flexibility index (Phi) is 15.2. The molecule has 30 heavy (non-hydrogen) atoms. The molecule has 0 bridgehead atoms. The lowest BCUT2D eigenvalue weighted by atomic mass is 9.91. The van der Waals surface area contributed by atoms with E-state index in [1.165, 1.54) is 114 Å². The van der Waals surface area contributed by atoms with Gasteiger partial charge in [0.05, 0.1) is 4.90 Å². The number of hydrogen-bond donors (Lipinski definition) is 1. The molecule has 1 atom stereocenters. The minimum atomic E-state index is -4.10. The molecule has 0 saturated heterocycles. The van der Waals surface area contributed by atoms with Gasteiger partial charge in [-0.2, -0.15) is 8.42 Å². The first-order valence-electron chi connectivity index (χ1n) is 12.6. The summed E-state index contributed by atoms with van der Waals surface area (Å²) in [5.74, 6) is 0.474. The fourth-order valence-corrected chi connectivity index (χ4v) is 4.76. The summed E-state index contributed by atoms with van der Waals surface area (Å²) in [6.45, 7) is 4.46. The molecular formula is C26H46O3S. The highest BCUT2D eigenvalue weighted by Crippen LogP contribution is 2.27. The van der Waals surface area contributed by atoms with E-state index in [0.717, 1.165) is 12.8 Å². The zero-order valence-corrected chi connectivity index (χ0v) is 20.4. The van der Waals surface area contributed by atoms with E-state index < -0.39 is 10.1 Å². The molecule has 0 heterocycles. The Morgan fingerprint density at radius 1 is 0.667 bits per heavy atom. The van der Waals surface area contributed by atoms with Crippen molar-refractivity contribution < 1.29 is 13.0 Å². The maximum atomic E-state index is 11.2. The molecular weight excluding hydrogens is 392 g/mol. The van der Waals surface area contributed by atoms with Gasteiger partial charge in [0.25, 0.3) is 10.1 Å². The first-order valence-corrected chi connectivity index (χ1v) is 14.0. The van der Waals surface area contributed by atoms with Crippen molar-refractivity contribution in [3.63, 3.8) is 0 Å². The second kappa shape index (κ2) is 16.8. The van der Waals surface area contributed by atoms with Crippen LogP contribution in [0.4, 0.5) is 0 Å². The number of unbranched alkanes of at least 4 members (excludes halogenated alkanes) is 14. The molecule has 3 nitrogen and oxygen atoms in total. The summed E-state index contributed by atoms with van der Waals surface area (Å²) in [6.07, 6.45) is 22.9. The van der Waals surface area contributed by atoms with Crippen molar-refractivity contribution in [1.82, 2.24) is 0 Å². The molecule has 0 amide bonds. The zero-order valence-electron chi connectivity index (χ0n) is 19.6. The SMILES string of the molecule is CCCCCCCCCCCCCCCCCC(CC)c1ccc(S(=O)(=O)O)cc1. The highest BCUT2D eigenvalue weighted by atomic mass is 32.2. The molecule has 1 aromatic rings. The largest absolute Gasteiger partial charge is 0.294 e. The van der Waals surface area contributed by atoms with Crippen LogP contribution in [0.2, 0.25) is 0 Å². The lowest BCUT2D eigenvalue weighted by molar-refractivity contribution is 0.483. The minimum Gasteiger partial charge on any atom is -0.282 e. The molecule has 1 rings (SSSR count). The van der Waals surface area contributed by atoms with Gasteiger partial charge in [0, 0.05) is 0 Å². The van der Waals surface area contributed by atoms with E-state index >= 15 is 0 Å². The standard InChI is InChI=1S/C26H46O3S/c1-3-5-6-7-8-9-10-11-12-13-14-15-16-17-18-19-24(4-2)25-20-22-26(23-21-25)30(27,28)29/h20-24H,3-19H2,1-2H3,(H,27,28,29). The van der Waals surface area contributed by atoms with Crippen LogP contribution in [0.1, 0.15) is 134 Å². The van der Waals surface area contributed by atoms with Crippen molar-refractivity contribution in [2.24, 2.45) is 0 Å². The molecule has 0 aliphatic heterocycles. The Labute approximate surface area is 186 Å². The molecule has 0 aromatic heterocycles. The normalized spacial score (nSPS) is 12.9. The molecule has 1 N–H and O–H groups in total. The summed E-state index contributed by atoms with van der Waals surface area (Å²) in [5, 5.41) is 0. The van der Waals surface area contributed by atoms with E-state index in [2.05, 4.69) is 13.8 Å². The quantitative estimate of drug-likeness (QED) is 0.173. The molecule has 174 valence electrons. The van der Waals surface area contributed by atoms with Crippen LogP contribution in [0.25, 0.3) is 0 Å². The van der Waals surface area contributed by atoms with Crippen molar-refractivity contribution in [2.75, 3.05) is 0 Å². The van der Waals surface area contributed by atoms with Gasteiger partial charge in [0.2, 0.25) is 0 Å². The topological polar surface area (TPSA) is 54.4 Å². The predicted molar refractivity (Wildman–Crippen MR) is 129 cm³/mol. The van der Waals surface area contributed by atoms with E-state index in [9.17, 15) is 8.42 Å². The van der Waals surface area contributed by atoms with E-state index in [4.69, 9.17) is 4.55 Å². The molecule has 0 spiro atoms. The molecule has 4 heteroatoms. The third-order valence-corrected chi connectivity index (χ3v) is 7.17. The Bertz CT molecular complexity index is 622. The maximum Gasteiger partial charge on any atom is 0.294 e. The fourth-order valence-electron chi connectivity index (χ4n) is 4.28. The number of benzene rings is 1. The first-order chi connectivity index (χ1) is 14.5. The zero-order chi connectivity index (χ0) is 22.1. The summed E-state index contributed by atoms with van der Waals surface area (Å²) in [7, 11) is -4.10. The van der Waals surface area contributed by atoms with Gasteiger partial charge in [-0.15, -0.1) is 0 Å². The van der Waals surface area contributed by atoms with Gasteiger partial charge in [-0.1, -0.05) is 122 Å². The van der Waals surface area contributed by atoms with Crippen molar-refractivity contribution in [3.8, 4) is 0 Å². The van der Waals surface area contributed by atoms with Crippen LogP contribution in [-0.2, 0) is 10.1 Å². The summed E-state index contributed by atoms with van der Waals surface area (Å²) >= 11 is 0. The van der Waals surface area contributed by atoms with Gasteiger partial charge >= 0.3 is 0 Å². The van der Waals surface area contributed by atoms with Crippen LogP contribution in [0.3, 0.4) is 0 Å². The third kappa shape index (κ3) is 12.7. The predicted octanol–water partition coefficient (Wildman–Crippen LogP) is 8.69. The van der Waals surface area contributed by atoms with Crippen molar-refractivity contribution >= 4 is 10.1 Å². The van der Waals surface area contributed by atoms with Gasteiger partial charge in [0.15, 0.2) is 0 Å². The summed E-state index contributed by atoms with van der Waals surface area (Å²) < 4.78 is 31.4. The maximum absolute atomic E-state index is 11.2. The number of hydrogen-bond acceptors (Lipinski definition) is 2. The summed E-state index contributed by atoms with van der Waals surface area (Å²) in [5.41, 5.74) is 1.18. The van der Waals surface area contributed by atoms with E-state index in [1.54, 1.807) is 0 Å². The van der Waals surface area contributed by atoms with Crippen LogP contribution < -0.4 is 0 Å². The molecule has 0 fully saturated rings. The summed E-state index contributed by atoms with van der Waals surface area (Å²) in [6, 6.07) is 6.73. The lowest BCUT2D eigenvalue weighted by Crippen LogP contribution is -2.01. The van der Waals surface area contributed by atoms with Crippen LogP contribution >= 0.6 is 0 Å². The molecule has 1 aromatic carbocycles. The second-order valence-corrected chi connectivity index (χ2v) is 10.3. The van der Waals surface area contributed by atoms with Gasteiger partial charge in [0.1, 0.15) is 0 Å². The van der Waals surface area contributed by atoms with Crippen molar-refractivity contribution in [3.05, 3.63) is 29.8 Å². The van der Waals surface area contributed by atoms with Crippen molar-refractivity contribution in [2.45, 2.75) is 134 Å². The number of rotatable bonds is 19. The van der Waals surface area contributed by atoms with Crippen molar-refractivity contribution in [1.29, 1.82) is 0 Å². The van der Waals surface area contributed by atoms with Crippen LogP contribution in [0.5, 0.6) is 0 Å².